The summed E-state index contributed by atoms with van der Waals surface area (Å²) in [4.78, 5) is 27.0. The van der Waals surface area contributed by atoms with Gasteiger partial charge in [0.15, 0.2) is 0 Å². The maximum atomic E-state index is 12.1. The zero-order valence-corrected chi connectivity index (χ0v) is 13.8. The highest BCUT2D eigenvalue weighted by Gasteiger charge is 2.18. The molecule has 0 saturated heterocycles. The SMILES string of the molecule is CCCCN(C)C(=O)CN(C(C)=O)c1ccc(Br)cc1. The van der Waals surface area contributed by atoms with Gasteiger partial charge in [0.25, 0.3) is 0 Å². The molecule has 0 heterocycles. The highest BCUT2D eigenvalue weighted by molar-refractivity contribution is 9.10. The number of benzene rings is 1. The number of halogens is 1. The average molecular weight is 341 g/mol. The van der Waals surface area contributed by atoms with Crippen molar-refractivity contribution < 1.29 is 9.59 Å². The quantitative estimate of drug-likeness (QED) is 0.798. The van der Waals surface area contributed by atoms with Crippen LogP contribution in [0.15, 0.2) is 28.7 Å². The van der Waals surface area contributed by atoms with Gasteiger partial charge in [0.2, 0.25) is 11.8 Å². The number of amides is 2. The van der Waals surface area contributed by atoms with Crippen molar-refractivity contribution in [1.29, 1.82) is 0 Å². The van der Waals surface area contributed by atoms with Gasteiger partial charge in [-0.1, -0.05) is 29.3 Å². The van der Waals surface area contributed by atoms with E-state index in [9.17, 15) is 9.59 Å². The van der Waals surface area contributed by atoms with Gasteiger partial charge in [0, 0.05) is 30.7 Å². The van der Waals surface area contributed by atoms with Gasteiger partial charge in [-0.25, -0.2) is 0 Å². The van der Waals surface area contributed by atoms with E-state index in [2.05, 4.69) is 22.9 Å². The lowest BCUT2D eigenvalue weighted by Crippen LogP contribution is -2.41. The van der Waals surface area contributed by atoms with Crippen molar-refractivity contribution in [3.05, 3.63) is 28.7 Å². The molecule has 4 nitrogen and oxygen atoms in total. The predicted octanol–water partition coefficient (Wildman–Crippen LogP) is 3.06. The lowest BCUT2D eigenvalue weighted by Gasteiger charge is -2.24. The van der Waals surface area contributed by atoms with Gasteiger partial charge in [-0.15, -0.1) is 0 Å². The lowest BCUT2D eigenvalue weighted by molar-refractivity contribution is -0.130. The molecule has 0 aliphatic carbocycles. The summed E-state index contributed by atoms with van der Waals surface area (Å²) in [6.45, 7) is 4.36. The van der Waals surface area contributed by atoms with Crippen molar-refractivity contribution in [2.24, 2.45) is 0 Å². The van der Waals surface area contributed by atoms with Gasteiger partial charge in [-0.05, 0) is 30.7 Å². The third-order valence-electron chi connectivity index (χ3n) is 3.08. The van der Waals surface area contributed by atoms with E-state index in [4.69, 9.17) is 0 Å². The minimum absolute atomic E-state index is 0.0448. The Morgan fingerprint density at radius 3 is 2.30 bits per heavy atom. The molecular formula is C15H21BrN2O2. The largest absolute Gasteiger partial charge is 0.344 e. The summed E-state index contributed by atoms with van der Waals surface area (Å²) in [6.07, 6.45) is 2.02. The molecule has 0 fully saturated rings. The summed E-state index contributed by atoms with van der Waals surface area (Å²) in [6, 6.07) is 7.36. The van der Waals surface area contributed by atoms with Crippen molar-refractivity contribution in [2.75, 3.05) is 25.0 Å². The lowest BCUT2D eigenvalue weighted by atomic mass is 10.2. The molecule has 2 amide bonds. The first kappa shape index (κ1) is 16.7. The Hall–Kier alpha value is -1.36. The fourth-order valence-electron chi connectivity index (χ4n) is 1.78. The van der Waals surface area contributed by atoms with Gasteiger partial charge in [-0.2, -0.15) is 0 Å². The first-order chi connectivity index (χ1) is 9.45. The number of carbonyl (C=O) groups is 2. The van der Waals surface area contributed by atoms with Gasteiger partial charge >= 0.3 is 0 Å². The zero-order chi connectivity index (χ0) is 15.1. The van der Waals surface area contributed by atoms with Gasteiger partial charge in [-0.3, -0.25) is 9.59 Å². The highest BCUT2D eigenvalue weighted by Crippen LogP contribution is 2.18. The third-order valence-corrected chi connectivity index (χ3v) is 3.61. The van der Waals surface area contributed by atoms with Crippen molar-refractivity contribution in [2.45, 2.75) is 26.7 Å². The molecule has 5 heteroatoms. The van der Waals surface area contributed by atoms with Crippen molar-refractivity contribution in [1.82, 2.24) is 4.90 Å². The van der Waals surface area contributed by atoms with E-state index < -0.39 is 0 Å². The molecule has 0 bridgehead atoms. The second kappa shape index (κ2) is 8.04. The monoisotopic (exact) mass is 340 g/mol. The van der Waals surface area contributed by atoms with Crippen LogP contribution in [0.1, 0.15) is 26.7 Å². The van der Waals surface area contributed by atoms with Crippen molar-refractivity contribution >= 4 is 33.4 Å². The normalized spacial score (nSPS) is 10.2. The Morgan fingerprint density at radius 2 is 1.80 bits per heavy atom. The van der Waals surface area contributed by atoms with Crippen molar-refractivity contribution in [3.63, 3.8) is 0 Å². The number of hydrogen-bond acceptors (Lipinski definition) is 2. The van der Waals surface area contributed by atoms with Crippen LogP contribution in [0.4, 0.5) is 5.69 Å². The third kappa shape index (κ3) is 4.96. The maximum absolute atomic E-state index is 12.1. The second-order valence-corrected chi connectivity index (χ2v) is 5.67. The molecule has 0 unspecified atom stereocenters. The Kier molecular flexibility index (Phi) is 6.71. The van der Waals surface area contributed by atoms with E-state index in [-0.39, 0.29) is 18.4 Å². The van der Waals surface area contributed by atoms with Crippen LogP contribution in [0.2, 0.25) is 0 Å². The second-order valence-electron chi connectivity index (χ2n) is 4.75. The number of likely N-dealkylation sites (N-methyl/N-ethyl adjacent to an activating group) is 1. The van der Waals surface area contributed by atoms with E-state index in [0.29, 0.717) is 0 Å². The van der Waals surface area contributed by atoms with Crippen LogP contribution < -0.4 is 4.90 Å². The number of rotatable bonds is 6. The van der Waals surface area contributed by atoms with Crippen LogP contribution in [-0.2, 0) is 9.59 Å². The number of carbonyl (C=O) groups excluding carboxylic acids is 2. The van der Waals surface area contributed by atoms with Crippen LogP contribution in [0, 0.1) is 0 Å². The molecule has 0 atom stereocenters. The first-order valence-electron chi connectivity index (χ1n) is 6.73. The van der Waals surface area contributed by atoms with Crippen LogP contribution >= 0.6 is 15.9 Å². The summed E-state index contributed by atoms with van der Waals surface area (Å²) >= 11 is 3.36. The summed E-state index contributed by atoms with van der Waals surface area (Å²) in [5, 5.41) is 0. The fourth-order valence-corrected chi connectivity index (χ4v) is 2.05. The van der Waals surface area contributed by atoms with Gasteiger partial charge in [0.1, 0.15) is 6.54 Å². The topological polar surface area (TPSA) is 40.6 Å². The van der Waals surface area contributed by atoms with Crippen LogP contribution in [0.3, 0.4) is 0 Å². The molecule has 1 aromatic rings. The minimum Gasteiger partial charge on any atom is -0.344 e. The molecule has 20 heavy (non-hydrogen) atoms. The molecule has 1 rings (SSSR count). The smallest absolute Gasteiger partial charge is 0.242 e. The zero-order valence-electron chi connectivity index (χ0n) is 12.2. The Morgan fingerprint density at radius 1 is 1.20 bits per heavy atom. The van der Waals surface area contributed by atoms with Crippen LogP contribution in [0.5, 0.6) is 0 Å². The Bertz CT molecular complexity index is 459. The number of hydrogen-bond donors (Lipinski definition) is 0. The maximum Gasteiger partial charge on any atom is 0.242 e. The van der Waals surface area contributed by atoms with E-state index >= 15 is 0 Å². The summed E-state index contributed by atoms with van der Waals surface area (Å²) in [5.41, 5.74) is 0.734. The van der Waals surface area contributed by atoms with Crippen molar-refractivity contribution in [3.8, 4) is 0 Å². The molecule has 110 valence electrons. The van der Waals surface area contributed by atoms with Crippen LogP contribution in [-0.4, -0.2) is 36.9 Å². The van der Waals surface area contributed by atoms with Gasteiger partial charge < -0.3 is 9.80 Å². The van der Waals surface area contributed by atoms with Gasteiger partial charge in [0.05, 0.1) is 0 Å². The fraction of sp³-hybridized carbons (Fsp3) is 0.467. The predicted molar refractivity (Wildman–Crippen MR) is 84.7 cm³/mol. The minimum atomic E-state index is -0.135. The summed E-state index contributed by atoms with van der Waals surface area (Å²) in [5.74, 6) is -0.180. The molecule has 0 N–H and O–H groups in total. The molecule has 0 radical (unpaired) electrons. The van der Waals surface area contributed by atoms with E-state index in [0.717, 1.165) is 29.5 Å². The Labute approximate surface area is 128 Å². The highest BCUT2D eigenvalue weighted by atomic mass is 79.9. The standard InChI is InChI=1S/C15H21BrN2O2/c1-4-5-10-17(3)15(20)11-18(12(2)19)14-8-6-13(16)7-9-14/h6-9H,4-5,10-11H2,1-3H3. The van der Waals surface area contributed by atoms with E-state index in [1.54, 1.807) is 11.9 Å². The first-order valence-corrected chi connectivity index (χ1v) is 7.52. The molecule has 0 aliphatic rings. The summed E-state index contributed by atoms with van der Waals surface area (Å²) in [7, 11) is 1.78. The molecule has 0 aromatic heterocycles. The molecule has 1 aromatic carbocycles. The molecule has 0 spiro atoms. The van der Waals surface area contributed by atoms with Crippen LogP contribution in [0.25, 0.3) is 0 Å². The Balaban J connectivity index is 2.75. The molecular weight excluding hydrogens is 320 g/mol. The van der Waals surface area contributed by atoms with E-state index in [1.165, 1.54) is 11.8 Å². The number of anilines is 1. The average Bonchev–Trinajstić information content (AvgIpc) is 2.42. The molecule has 0 saturated carbocycles. The summed E-state index contributed by atoms with van der Waals surface area (Å²) < 4.78 is 0.941. The number of unbranched alkanes of at least 4 members (excludes halogenated alkanes) is 1. The van der Waals surface area contributed by atoms with E-state index in [1.807, 2.05) is 24.3 Å². The molecule has 0 aliphatic heterocycles. The number of nitrogens with zero attached hydrogens (tertiary/aromatic N) is 2.